The van der Waals surface area contributed by atoms with Crippen LogP contribution in [0.3, 0.4) is 0 Å². The fourth-order valence-electron chi connectivity index (χ4n) is 5.55. The number of benzene rings is 3. The van der Waals surface area contributed by atoms with Crippen LogP contribution in [0.5, 0.6) is 0 Å². The van der Waals surface area contributed by atoms with Gasteiger partial charge in [-0.1, -0.05) is 124 Å². The quantitative estimate of drug-likeness (QED) is 0.226. The van der Waals surface area contributed by atoms with Crippen molar-refractivity contribution in [2.45, 2.75) is 51.0 Å². The van der Waals surface area contributed by atoms with Crippen molar-refractivity contribution in [2.24, 2.45) is 5.92 Å². The van der Waals surface area contributed by atoms with E-state index in [2.05, 4.69) is 82.5 Å². The molecule has 0 radical (unpaired) electrons. The minimum absolute atomic E-state index is 0.164. The average molecular weight is 572 g/mol. The van der Waals surface area contributed by atoms with Crippen molar-refractivity contribution in [2.75, 3.05) is 13.1 Å². The van der Waals surface area contributed by atoms with Crippen LogP contribution in [-0.2, 0) is 14.4 Å². The molecule has 40 heavy (non-hydrogen) atoms. The van der Waals surface area contributed by atoms with Gasteiger partial charge in [0.15, 0.2) is 0 Å². The van der Waals surface area contributed by atoms with Gasteiger partial charge < -0.3 is 4.43 Å². The molecule has 4 rings (SSSR count). The van der Waals surface area contributed by atoms with Gasteiger partial charge in [-0.15, -0.1) is 0 Å². The molecule has 0 amide bonds. The first-order valence-corrected chi connectivity index (χ1v) is 17.1. The molecule has 0 unspecified atom stereocenters. The molecule has 0 saturated heterocycles. The van der Waals surface area contributed by atoms with Crippen LogP contribution in [0.4, 0.5) is 0 Å². The molecule has 6 heteroatoms. The summed E-state index contributed by atoms with van der Waals surface area (Å²) < 4.78 is 36.7. The number of rotatable bonds is 8. The Morgan fingerprint density at radius 3 is 1.93 bits per heavy atom. The third kappa shape index (κ3) is 5.80. The summed E-state index contributed by atoms with van der Waals surface area (Å²) in [6, 6.07) is 28.1. The van der Waals surface area contributed by atoms with Crippen LogP contribution in [0.25, 0.3) is 0 Å². The van der Waals surface area contributed by atoms with Crippen LogP contribution < -0.4 is 10.4 Å². The topological polar surface area (TPSA) is 46.6 Å². The molecule has 4 nitrogen and oxygen atoms in total. The van der Waals surface area contributed by atoms with E-state index in [-0.39, 0.29) is 17.5 Å². The number of allylic oxidation sites excluding steroid dienone is 2. The van der Waals surface area contributed by atoms with Gasteiger partial charge >= 0.3 is 8.32 Å². The normalized spacial score (nSPS) is 17.3. The summed E-state index contributed by atoms with van der Waals surface area (Å²) in [5.41, 5.74) is 2.75. The fraction of sp³-hybridized carbons (Fsp3) is 0.294. The zero-order valence-electron chi connectivity index (χ0n) is 24.4. The summed E-state index contributed by atoms with van der Waals surface area (Å²) in [7, 11) is -6.62. The first kappa shape index (κ1) is 29.8. The Morgan fingerprint density at radius 1 is 0.925 bits per heavy atom. The van der Waals surface area contributed by atoms with Gasteiger partial charge in [-0.2, -0.15) is 4.31 Å². The van der Waals surface area contributed by atoms with Crippen molar-refractivity contribution in [3.8, 4) is 0 Å². The molecule has 0 saturated carbocycles. The number of hydrogen-bond acceptors (Lipinski definition) is 3. The van der Waals surface area contributed by atoms with Gasteiger partial charge in [0.05, 0.1) is 10.7 Å². The molecule has 0 fully saturated rings. The average Bonchev–Trinajstić information content (AvgIpc) is 3.10. The lowest BCUT2D eigenvalue weighted by molar-refractivity contribution is 0.350. The van der Waals surface area contributed by atoms with Crippen LogP contribution >= 0.6 is 0 Å². The van der Waals surface area contributed by atoms with Gasteiger partial charge in [0.25, 0.3) is 0 Å². The predicted molar refractivity (Wildman–Crippen MR) is 169 cm³/mol. The molecule has 0 N–H and O–H groups in total. The predicted octanol–water partition coefficient (Wildman–Crippen LogP) is 6.60. The molecule has 210 valence electrons. The second kappa shape index (κ2) is 11.7. The lowest BCUT2D eigenvalue weighted by Crippen LogP contribution is -2.66. The maximum Gasteiger partial charge on any atom is 0.319 e. The van der Waals surface area contributed by atoms with Gasteiger partial charge in [0, 0.05) is 25.4 Å². The molecule has 1 aliphatic heterocycles. The molecular weight excluding hydrogens is 531 g/mol. The zero-order valence-corrected chi connectivity index (χ0v) is 26.2. The second-order valence-corrected chi connectivity index (χ2v) is 17.9. The SMILES string of the molecule is C=CC(=C)[C@@H]1CC(O[Si](c2ccccc2)(c2ccccc2)C(C)(C)C)=C(C)CN(S(=O)(=O)c2ccc(C)cc2)C1. The Hall–Kier alpha value is -3.19. The van der Waals surface area contributed by atoms with Crippen LogP contribution in [-0.4, -0.2) is 34.1 Å². The standard InChI is InChI=1S/C34H41NO3SSi/c1-8-27(3)29-23-33(28(4)24-35(25-29)39(36,37)30-21-19-26(2)20-22-30)38-40(34(5,6)7,31-15-11-9-12-16-31)32-17-13-10-14-18-32/h8-22,29H,1,3,23-25H2,2,4-7H3/t29-/m1/s1. The summed E-state index contributed by atoms with van der Waals surface area (Å²) in [5, 5.41) is 2.15. The summed E-state index contributed by atoms with van der Waals surface area (Å²) >= 11 is 0. The maximum atomic E-state index is 13.9. The van der Waals surface area contributed by atoms with E-state index in [1.54, 1.807) is 22.5 Å². The molecule has 0 aromatic heterocycles. The summed E-state index contributed by atoms with van der Waals surface area (Å²) in [5.74, 6) is 0.687. The number of sulfonamides is 1. The minimum atomic E-state index is -3.73. The Balaban J connectivity index is 1.87. The minimum Gasteiger partial charge on any atom is -0.537 e. The van der Waals surface area contributed by atoms with E-state index >= 15 is 0 Å². The monoisotopic (exact) mass is 571 g/mol. The van der Waals surface area contributed by atoms with Crippen LogP contribution in [0.2, 0.25) is 5.04 Å². The van der Waals surface area contributed by atoms with Crippen molar-refractivity contribution in [3.05, 3.63) is 127 Å². The molecular formula is C34H41NO3SSi. The Kier molecular flexibility index (Phi) is 8.74. The highest BCUT2D eigenvalue weighted by atomic mass is 32.2. The van der Waals surface area contributed by atoms with E-state index in [0.717, 1.165) is 22.5 Å². The molecule has 0 aliphatic carbocycles. The Labute approximate surface area is 241 Å². The van der Waals surface area contributed by atoms with E-state index in [9.17, 15) is 8.42 Å². The number of nitrogens with zero attached hydrogens (tertiary/aromatic N) is 1. The van der Waals surface area contributed by atoms with E-state index in [1.807, 2.05) is 38.1 Å². The first-order chi connectivity index (χ1) is 18.9. The van der Waals surface area contributed by atoms with Crippen molar-refractivity contribution >= 4 is 28.7 Å². The third-order valence-corrected chi connectivity index (χ3v) is 14.7. The zero-order chi connectivity index (χ0) is 29.1. The smallest absolute Gasteiger partial charge is 0.319 e. The fourth-order valence-corrected chi connectivity index (χ4v) is 11.6. The lowest BCUT2D eigenvalue weighted by atomic mass is 9.96. The lowest BCUT2D eigenvalue weighted by Gasteiger charge is -2.44. The van der Waals surface area contributed by atoms with E-state index in [4.69, 9.17) is 4.43 Å². The van der Waals surface area contributed by atoms with E-state index < -0.39 is 18.3 Å². The molecule has 0 spiro atoms. The molecule has 0 bridgehead atoms. The highest BCUT2D eigenvalue weighted by molar-refractivity contribution is 7.89. The third-order valence-electron chi connectivity index (χ3n) is 7.88. The Bertz CT molecular complexity index is 1450. The highest BCUT2D eigenvalue weighted by Crippen LogP contribution is 2.41. The largest absolute Gasteiger partial charge is 0.537 e. The van der Waals surface area contributed by atoms with Gasteiger partial charge in [-0.05, 0) is 47.0 Å². The molecule has 1 atom stereocenters. The van der Waals surface area contributed by atoms with Crippen LogP contribution in [0.1, 0.15) is 39.7 Å². The first-order valence-electron chi connectivity index (χ1n) is 13.8. The van der Waals surface area contributed by atoms with Crippen LogP contribution in [0.15, 0.2) is 126 Å². The summed E-state index contributed by atoms with van der Waals surface area (Å²) in [6.07, 6.45) is 2.30. The van der Waals surface area contributed by atoms with Gasteiger partial charge in [0.2, 0.25) is 10.0 Å². The second-order valence-electron chi connectivity index (χ2n) is 11.8. The number of aryl methyl sites for hydroxylation is 1. The Morgan fingerprint density at radius 2 is 1.45 bits per heavy atom. The number of hydrogen-bond donors (Lipinski definition) is 0. The summed E-state index contributed by atoms with van der Waals surface area (Å²) in [4.78, 5) is 0.296. The van der Waals surface area contributed by atoms with Crippen molar-refractivity contribution in [1.82, 2.24) is 4.31 Å². The molecule has 3 aromatic carbocycles. The highest BCUT2D eigenvalue weighted by Gasteiger charge is 2.53. The van der Waals surface area contributed by atoms with Crippen molar-refractivity contribution < 1.29 is 12.8 Å². The molecule has 1 aliphatic rings. The molecule has 1 heterocycles. The maximum absolute atomic E-state index is 13.9. The molecule has 3 aromatic rings. The van der Waals surface area contributed by atoms with Crippen molar-refractivity contribution in [1.29, 1.82) is 0 Å². The van der Waals surface area contributed by atoms with Crippen molar-refractivity contribution in [3.63, 3.8) is 0 Å². The van der Waals surface area contributed by atoms with Gasteiger partial charge in [-0.3, -0.25) is 0 Å². The van der Waals surface area contributed by atoms with Gasteiger partial charge in [-0.25, -0.2) is 8.42 Å². The summed E-state index contributed by atoms with van der Waals surface area (Å²) in [6.45, 7) is 19.5. The van der Waals surface area contributed by atoms with E-state index in [0.29, 0.717) is 17.9 Å². The van der Waals surface area contributed by atoms with E-state index in [1.165, 1.54) is 10.4 Å². The van der Waals surface area contributed by atoms with Gasteiger partial charge in [0.1, 0.15) is 0 Å². The van der Waals surface area contributed by atoms with Crippen LogP contribution in [0, 0.1) is 12.8 Å².